The fourth-order valence-corrected chi connectivity index (χ4v) is 4.64. The first kappa shape index (κ1) is 22.4. The predicted molar refractivity (Wildman–Crippen MR) is 116 cm³/mol. The van der Waals surface area contributed by atoms with Crippen molar-refractivity contribution in [2.24, 2.45) is 0 Å². The van der Waals surface area contributed by atoms with Crippen molar-refractivity contribution >= 4 is 15.9 Å². The third-order valence-corrected chi connectivity index (χ3v) is 6.72. The number of nitrogens with one attached hydrogen (secondary N) is 2. The first-order valence-corrected chi connectivity index (χ1v) is 11.7. The molecule has 1 heterocycles. The third kappa shape index (κ3) is 5.89. The second kappa shape index (κ2) is 10.7. The quantitative estimate of drug-likeness (QED) is 0.563. The summed E-state index contributed by atoms with van der Waals surface area (Å²) in [5.41, 5.74) is 1.61. The number of carbonyl (C=O) groups excluding carboxylic acids is 1. The van der Waals surface area contributed by atoms with Gasteiger partial charge in [0.15, 0.2) is 0 Å². The minimum atomic E-state index is -3.62. The van der Waals surface area contributed by atoms with Crippen LogP contribution < -0.4 is 10.0 Å². The Morgan fingerprint density at radius 2 is 1.73 bits per heavy atom. The average Bonchev–Trinajstić information content (AvgIpc) is 3.29. The minimum Gasteiger partial charge on any atom is -0.383 e. The summed E-state index contributed by atoms with van der Waals surface area (Å²) in [4.78, 5) is 15.2. The van der Waals surface area contributed by atoms with Crippen molar-refractivity contribution in [1.29, 1.82) is 0 Å². The number of benzene rings is 2. The fourth-order valence-electron chi connectivity index (χ4n) is 3.62. The van der Waals surface area contributed by atoms with Gasteiger partial charge in [0, 0.05) is 25.8 Å². The number of rotatable bonds is 10. The highest BCUT2D eigenvalue weighted by molar-refractivity contribution is 7.89. The minimum absolute atomic E-state index is 0.120. The van der Waals surface area contributed by atoms with Crippen LogP contribution in [0.2, 0.25) is 0 Å². The Hall–Kier alpha value is -2.26. The fraction of sp³-hybridized carbons (Fsp3) is 0.409. The second-order valence-corrected chi connectivity index (χ2v) is 9.06. The third-order valence-electron chi connectivity index (χ3n) is 5.25. The molecule has 1 aliphatic heterocycles. The van der Waals surface area contributed by atoms with Crippen molar-refractivity contribution < 1.29 is 17.9 Å². The molecule has 7 nitrogen and oxygen atoms in total. The molecule has 3 rings (SSSR count). The zero-order valence-electron chi connectivity index (χ0n) is 17.2. The zero-order valence-corrected chi connectivity index (χ0v) is 18.0. The molecule has 8 heteroatoms. The van der Waals surface area contributed by atoms with E-state index < -0.39 is 10.0 Å². The molecule has 1 amide bonds. The summed E-state index contributed by atoms with van der Waals surface area (Å²) in [5.74, 6) is -0.216. The van der Waals surface area contributed by atoms with Gasteiger partial charge in [-0.25, -0.2) is 13.1 Å². The average molecular weight is 432 g/mol. The van der Waals surface area contributed by atoms with Gasteiger partial charge < -0.3 is 10.1 Å². The Morgan fingerprint density at radius 1 is 1.07 bits per heavy atom. The molecule has 1 atom stereocenters. The zero-order chi connectivity index (χ0) is 21.4. The number of hydrogen-bond donors (Lipinski definition) is 2. The van der Waals surface area contributed by atoms with Crippen LogP contribution in [-0.2, 0) is 14.8 Å². The highest BCUT2D eigenvalue weighted by atomic mass is 32.2. The molecule has 0 aliphatic carbocycles. The van der Waals surface area contributed by atoms with E-state index >= 15 is 0 Å². The highest BCUT2D eigenvalue weighted by Crippen LogP contribution is 2.24. The molecule has 162 valence electrons. The Bertz CT molecular complexity index is 911. The van der Waals surface area contributed by atoms with E-state index in [0.717, 1.165) is 13.1 Å². The maximum absolute atomic E-state index is 12.7. The molecule has 2 N–H and O–H groups in total. The number of likely N-dealkylation sites (tertiary alicyclic amines) is 1. The number of methoxy groups -OCH3 is 1. The van der Waals surface area contributed by atoms with Gasteiger partial charge in [0.25, 0.3) is 5.91 Å². The summed E-state index contributed by atoms with van der Waals surface area (Å²) in [6, 6.07) is 16.3. The van der Waals surface area contributed by atoms with E-state index in [1.54, 1.807) is 0 Å². The van der Waals surface area contributed by atoms with Crippen LogP contribution in [-0.4, -0.2) is 59.1 Å². The van der Waals surface area contributed by atoms with Crippen molar-refractivity contribution in [3.8, 4) is 0 Å². The second-order valence-electron chi connectivity index (χ2n) is 7.29. The summed E-state index contributed by atoms with van der Waals surface area (Å²) >= 11 is 0. The number of amides is 1. The van der Waals surface area contributed by atoms with E-state index in [0.29, 0.717) is 18.7 Å². The number of sulfonamides is 1. The molecule has 0 spiro atoms. The normalized spacial score (nSPS) is 15.8. The van der Waals surface area contributed by atoms with Crippen LogP contribution in [0.15, 0.2) is 59.5 Å². The first-order chi connectivity index (χ1) is 14.5. The maximum atomic E-state index is 12.7. The van der Waals surface area contributed by atoms with Crippen molar-refractivity contribution in [3.05, 3.63) is 65.7 Å². The summed E-state index contributed by atoms with van der Waals surface area (Å²) in [6.45, 7) is 3.04. The number of ether oxygens (including phenoxy) is 1. The molecule has 0 bridgehead atoms. The molecule has 1 fully saturated rings. The predicted octanol–water partition coefficient (Wildman–Crippen LogP) is 2.18. The number of carbonyl (C=O) groups is 1. The van der Waals surface area contributed by atoms with Gasteiger partial charge in [0.2, 0.25) is 10.0 Å². The van der Waals surface area contributed by atoms with Crippen molar-refractivity contribution in [1.82, 2.24) is 14.9 Å². The van der Waals surface area contributed by atoms with Crippen LogP contribution in [0.3, 0.4) is 0 Å². The lowest BCUT2D eigenvalue weighted by atomic mass is 10.1. The topological polar surface area (TPSA) is 87.7 Å². The first-order valence-electron chi connectivity index (χ1n) is 10.2. The van der Waals surface area contributed by atoms with Gasteiger partial charge in [-0.2, -0.15) is 0 Å². The van der Waals surface area contributed by atoms with Gasteiger partial charge in [-0.05, 0) is 55.8 Å². The standard InChI is InChI=1S/C22H29N3O4S/c1-29-16-13-24-30(27,28)20-11-9-19(10-12-20)22(26)23-17-21(25-14-5-6-15-25)18-7-3-2-4-8-18/h2-4,7-12,21,24H,5-6,13-17H2,1H3,(H,23,26). The van der Waals surface area contributed by atoms with Gasteiger partial charge in [-0.3, -0.25) is 9.69 Å². The van der Waals surface area contributed by atoms with Gasteiger partial charge in [0.1, 0.15) is 0 Å². The molecule has 2 aromatic carbocycles. The molecule has 0 aromatic heterocycles. The maximum Gasteiger partial charge on any atom is 0.251 e. The van der Waals surface area contributed by atoms with Gasteiger partial charge in [0.05, 0.1) is 17.5 Å². The Morgan fingerprint density at radius 3 is 2.37 bits per heavy atom. The molecule has 30 heavy (non-hydrogen) atoms. The van der Waals surface area contributed by atoms with E-state index in [1.807, 2.05) is 18.2 Å². The molecule has 1 saturated heterocycles. The lowest BCUT2D eigenvalue weighted by molar-refractivity contribution is 0.0938. The van der Waals surface area contributed by atoms with E-state index in [1.165, 1.54) is 49.8 Å². The van der Waals surface area contributed by atoms with Crippen LogP contribution >= 0.6 is 0 Å². The van der Waals surface area contributed by atoms with E-state index in [-0.39, 0.29) is 23.4 Å². The van der Waals surface area contributed by atoms with Gasteiger partial charge >= 0.3 is 0 Å². The molecule has 0 radical (unpaired) electrons. The lowest BCUT2D eigenvalue weighted by Crippen LogP contribution is -2.36. The molecular formula is C22H29N3O4S. The summed E-state index contributed by atoms with van der Waals surface area (Å²) < 4.78 is 31.8. The Kier molecular flexibility index (Phi) is 7.98. The van der Waals surface area contributed by atoms with Crippen molar-refractivity contribution in [2.45, 2.75) is 23.8 Å². The Labute approximate surface area is 178 Å². The van der Waals surface area contributed by atoms with Crippen LogP contribution in [0.5, 0.6) is 0 Å². The van der Waals surface area contributed by atoms with Gasteiger partial charge in [-0.1, -0.05) is 30.3 Å². The van der Waals surface area contributed by atoms with Crippen molar-refractivity contribution in [2.75, 3.05) is 39.9 Å². The summed E-state index contributed by atoms with van der Waals surface area (Å²) in [6.07, 6.45) is 2.34. The van der Waals surface area contributed by atoms with E-state index in [9.17, 15) is 13.2 Å². The highest BCUT2D eigenvalue weighted by Gasteiger charge is 2.24. The van der Waals surface area contributed by atoms with Crippen LogP contribution in [0.4, 0.5) is 0 Å². The van der Waals surface area contributed by atoms with E-state index in [4.69, 9.17) is 4.74 Å². The molecule has 0 saturated carbocycles. The Balaban J connectivity index is 1.63. The summed E-state index contributed by atoms with van der Waals surface area (Å²) in [5, 5.41) is 3.01. The molecule has 1 aliphatic rings. The summed E-state index contributed by atoms with van der Waals surface area (Å²) in [7, 11) is -2.11. The molecule has 2 aromatic rings. The monoisotopic (exact) mass is 431 g/mol. The van der Waals surface area contributed by atoms with Crippen LogP contribution in [0.1, 0.15) is 34.8 Å². The molecule has 1 unspecified atom stereocenters. The molecular weight excluding hydrogens is 402 g/mol. The number of hydrogen-bond acceptors (Lipinski definition) is 5. The van der Waals surface area contributed by atoms with E-state index in [2.05, 4.69) is 27.1 Å². The van der Waals surface area contributed by atoms with Crippen LogP contribution in [0.25, 0.3) is 0 Å². The lowest BCUT2D eigenvalue weighted by Gasteiger charge is -2.28. The largest absolute Gasteiger partial charge is 0.383 e. The number of nitrogens with zero attached hydrogens (tertiary/aromatic N) is 1. The smallest absolute Gasteiger partial charge is 0.251 e. The van der Waals surface area contributed by atoms with Crippen LogP contribution in [0, 0.1) is 0 Å². The van der Waals surface area contributed by atoms with Gasteiger partial charge in [-0.15, -0.1) is 0 Å². The van der Waals surface area contributed by atoms with Crippen molar-refractivity contribution in [3.63, 3.8) is 0 Å². The SMILES string of the molecule is COCCNS(=O)(=O)c1ccc(C(=O)NCC(c2ccccc2)N2CCCC2)cc1.